The van der Waals surface area contributed by atoms with Crippen LogP contribution in [0.5, 0.6) is 5.75 Å². The minimum Gasteiger partial charge on any atom is -0.494 e. The molecule has 0 heterocycles. The maximum Gasteiger partial charge on any atom is 0.306 e. The van der Waals surface area contributed by atoms with Crippen LogP contribution in [0.25, 0.3) is 0 Å². The molecule has 0 saturated carbocycles. The molecule has 1 aromatic carbocycles. The van der Waals surface area contributed by atoms with Crippen LogP contribution in [-0.2, 0) is 14.3 Å². The van der Waals surface area contributed by atoms with Crippen LogP contribution in [-0.4, -0.2) is 30.2 Å². The fourth-order valence-corrected chi connectivity index (χ4v) is 2.62. The number of nitrogens with one attached hydrogen (secondary N) is 2. The van der Waals surface area contributed by atoms with Gasteiger partial charge >= 0.3 is 5.97 Å². The molecular formula is C21H32N2O4S. The second-order valence-electron chi connectivity index (χ2n) is 6.51. The largest absolute Gasteiger partial charge is 0.494 e. The summed E-state index contributed by atoms with van der Waals surface area (Å²) in [6, 6.07) is 7.41. The zero-order valence-corrected chi connectivity index (χ0v) is 17.7. The monoisotopic (exact) mass is 408 g/mol. The third-order valence-electron chi connectivity index (χ3n) is 3.91. The van der Waals surface area contributed by atoms with E-state index < -0.39 is 0 Å². The van der Waals surface area contributed by atoms with Gasteiger partial charge in [0, 0.05) is 12.1 Å². The van der Waals surface area contributed by atoms with Crippen molar-refractivity contribution in [3.8, 4) is 5.75 Å². The number of amides is 1. The number of ether oxygens (including phenoxy) is 2. The van der Waals surface area contributed by atoms with Crippen molar-refractivity contribution in [1.29, 1.82) is 0 Å². The summed E-state index contributed by atoms with van der Waals surface area (Å²) in [5, 5.41) is 5.69. The molecule has 0 bridgehead atoms. The standard InChI is InChI=1S/C21H32N2O4S/c1-3-5-6-7-8-16-26-18-11-9-17(10-12-18)22-21(28)23-19(24)13-14-20(25)27-15-4-2/h9-12H,3-8,13-16H2,1-2H3,(H2,22,23,24,28). The Labute approximate surface area is 173 Å². The van der Waals surface area contributed by atoms with Crippen molar-refractivity contribution in [1.82, 2.24) is 5.32 Å². The fourth-order valence-electron chi connectivity index (χ4n) is 2.39. The van der Waals surface area contributed by atoms with Gasteiger partial charge < -0.3 is 20.1 Å². The molecule has 28 heavy (non-hydrogen) atoms. The molecule has 6 nitrogen and oxygen atoms in total. The summed E-state index contributed by atoms with van der Waals surface area (Å²) in [5.41, 5.74) is 0.753. The SMILES string of the molecule is CCCCCCCOc1ccc(NC(=S)NC(=O)CCC(=O)OCCC)cc1. The zero-order valence-electron chi connectivity index (χ0n) is 16.9. The number of rotatable bonds is 13. The van der Waals surface area contributed by atoms with Crippen LogP contribution in [0.2, 0.25) is 0 Å². The Morgan fingerprint density at radius 1 is 0.929 bits per heavy atom. The van der Waals surface area contributed by atoms with Gasteiger partial charge in [0.25, 0.3) is 0 Å². The fraction of sp³-hybridized carbons (Fsp3) is 0.571. The highest BCUT2D eigenvalue weighted by atomic mass is 32.1. The van der Waals surface area contributed by atoms with E-state index in [1.807, 2.05) is 31.2 Å². The number of hydrogen-bond donors (Lipinski definition) is 2. The van der Waals surface area contributed by atoms with E-state index >= 15 is 0 Å². The molecule has 0 aliphatic carbocycles. The highest BCUT2D eigenvalue weighted by Gasteiger charge is 2.09. The number of thiocarbonyl (C=S) groups is 1. The predicted octanol–water partition coefficient (Wildman–Crippen LogP) is 4.58. The van der Waals surface area contributed by atoms with E-state index in [2.05, 4.69) is 17.6 Å². The van der Waals surface area contributed by atoms with Gasteiger partial charge in [-0.05, 0) is 49.3 Å². The van der Waals surface area contributed by atoms with Crippen molar-refractivity contribution >= 4 is 34.9 Å². The average molecular weight is 409 g/mol. The topological polar surface area (TPSA) is 76.7 Å². The zero-order chi connectivity index (χ0) is 20.6. The molecule has 0 fully saturated rings. The predicted molar refractivity (Wildman–Crippen MR) is 116 cm³/mol. The summed E-state index contributed by atoms with van der Waals surface area (Å²) in [7, 11) is 0. The molecule has 1 aromatic rings. The summed E-state index contributed by atoms with van der Waals surface area (Å²) in [4.78, 5) is 23.2. The van der Waals surface area contributed by atoms with Gasteiger partial charge in [-0.1, -0.05) is 39.5 Å². The van der Waals surface area contributed by atoms with E-state index in [1.54, 1.807) is 0 Å². The van der Waals surface area contributed by atoms with Crippen LogP contribution in [0.3, 0.4) is 0 Å². The molecule has 0 atom stereocenters. The Bertz CT molecular complexity index is 605. The van der Waals surface area contributed by atoms with E-state index in [-0.39, 0.29) is 29.8 Å². The molecule has 1 rings (SSSR count). The average Bonchev–Trinajstić information content (AvgIpc) is 2.68. The quantitative estimate of drug-likeness (QED) is 0.283. The van der Waals surface area contributed by atoms with Crippen molar-refractivity contribution in [3.63, 3.8) is 0 Å². The highest BCUT2D eigenvalue weighted by molar-refractivity contribution is 7.80. The smallest absolute Gasteiger partial charge is 0.306 e. The van der Waals surface area contributed by atoms with Crippen molar-refractivity contribution in [2.45, 2.75) is 65.2 Å². The molecule has 0 spiro atoms. The van der Waals surface area contributed by atoms with Crippen LogP contribution < -0.4 is 15.4 Å². The molecule has 7 heteroatoms. The molecule has 0 aliphatic heterocycles. The first-order valence-electron chi connectivity index (χ1n) is 10.0. The van der Waals surface area contributed by atoms with E-state index in [4.69, 9.17) is 21.7 Å². The summed E-state index contributed by atoms with van der Waals surface area (Å²) in [5.74, 6) is 0.104. The molecule has 2 N–H and O–H groups in total. The van der Waals surface area contributed by atoms with Gasteiger partial charge in [0.2, 0.25) is 5.91 Å². The summed E-state index contributed by atoms with van der Waals surface area (Å²) in [6.45, 7) is 5.20. The number of hydrogen-bond acceptors (Lipinski definition) is 5. The van der Waals surface area contributed by atoms with Crippen molar-refractivity contribution in [3.05, 3.63) is 24.3 Å². The summed E-state index contributed by atoms with van der Waals surface area (Å²) in [6.07, 6.45) is 6.86. The van der Waals surface area contributed by atoms with Crippen molar-refractivity contribution in [2.75, 3.05) is 18.5 Å². The van der Waals surface area contributed by atoms with Crippen LogP contribution in [0.15, 0.2) is 24.3 Å². The molecule has 0 aliphatic rings. The highest BCUT2D eigenvalue weighted by Crippen LogP contribution is 2.16. The number of unbranched alkanes of at least 4 members (excludes halogenated alkanes) is 4. The van der Waals surface area contributed by atoms with Crippen molar-refractivity contribution < 1.29 is 19.1 Å². The number of carbonyl (C=O) groups excluding carboxylic acids is 2. The van der Waals surface area contributed by atoms with Crippen LogP contribution >= 0.6 is 12.2 Å². The first-order chi connectivity index (χ1) is 13.5. The lowest BCUT2D eigenvalue weighted by Crippen LogP contribution is -2.34. The van der Waals surface area contributed by atoms with E-state index in [1.165, 1.54) is 25.7 Å². The molecular weight excluding hydrogens is 376 g/mol. The lowest BCUT2D eigenvalue weighted by molar-refractivity contribution is -0.144. The molecule has 0 unspecified atom stereocenters. The van der Waals surface area contributed by atoms with Gasteiger partial charge in [-0.25, -0.2) is 0 Å². The molecule has 156 valence electrons. The van der Waals surface area contributed by atoms with Gasteiger partial charge in [-0.15, -0.1) is 0 Å². The van der Waals surface area contributed by atoms with Crippen molar-refractivity contribution in [2.24, 2.45) is 0 Å². The van der Waals surface area contributed by atoms with Gasteiger partial charge in [0.15, 0.2) is 5.11 Å². The van der Waals surface area contributed by atoms with E-state index in [9.17, 15) is 9.59 Å². The summed E-state index contributed by atoms with van der Waals surface area (Å²) >= 11 is 5.12. The number of benzene rings is 1. The third kappa shape index (κ3) is 11.5. The minimum atomic E-state index is -0.378. The number of anilines is 1. The number of carbonyl (C=O) groups is 2. The van der Waals surface area contributed by atoms with Gasteiger partial charge in [-0.2, -0.15) is 0 Å². The maximum atomic E-state index is 11.8. The van der Waals surface area contributed by atoms with Gasteiger partial charge in [0.05, 0.1) is 19.6 Å². The van der Waals surface area contributed by atoms with Gasteiger partial charge in [-0.3, -0.25) is 9.59 Å². The molecule has 0 radical (unpaired) electrons. The second kappa shape index (κ2) is 14.9. The first-order valence-corrected chi connectivity index (χ1v) is 10.4. The minimum absolute atomic E-state index is 0.0371. The normalized spacial score (nSPS) is 10.2. The lowest BCUT2D eigenvalue weighted by atomic mass is 10.2. The maximum absolute atomic E-state index is 11.8. The Hall–Kier alpha value is -2.15. The Morgan fingerprint density at radius 3 is 2.32 bits per heavy atom. The molecule has 0 aromatic heterocycles. The molecule has 1 amide bonds. The lowest BCUT2D eigenvalue weighted by Gasteiger charge is -2.11. The van der Waals surface area contributed by atoms with Crippen LogP contribution in [0, 0.1) is 0 Å². The van der Waals surface area contributed by atoms with Gasteiger partial charge in [0.1, 0.15) is 5.75 Å². The Kier molecular flexibility index (Phi) is 12.7. The third-order valence-corrected chi connectivity index (χ3v) is 4.11. The van der Waals surface area contributed by atoms with Crippen LogP contribution in [0.1, 0.15) is 65.2 Å². The van der Waals surface area contributed by atoms with E-state index in [0.29, 0.717) is 13.2 Å². The number of esters is 1. The Morgan fingerprint density at radius 2 is 1.64 bits per heavy atom. The Balaban J connectivity index is 2.24. The molecule has 0 saturated heterocycles. The summed E-state index contributed by atoms with van der Waals surface area (Å²) < 4.78 is 10.6. The second-order valence-corrected chi connectivity index (χ2v) is 6.92. The van der Waals surface area contributed by atoms with E-state index in [0.717, 1.165) is 24.3 Å². The van der Waals surface area contributed by atoms with Crippen LogP contribution in [0.4, 0.5) is 5.69 Å². The first kappa shape index (κ1) is 23.9.